The number of rotatable bonds is 2. The van der Waals surface area contributed by atoms with Crippen LogP contribution in [0.5, 0.6) is 0 Å². The van der Waals surface area contributed by atoms with Gasteiger partial charge in [-0.05, 0) is 19.1 Å². The minimum atomic E-state index is -4.26. The fraction of sp³-hybridized carbons (Fsp3) is 0.375. The van der Waals surface area contributed by atoms with Crippen LogP contribution in [-0.4, -0.2) is 17.2 Å². The van der Waals surface area contributed by atoms with Gasteiger partial charge in [0, 0.05) is 0 Å². The van der Waals surface area contributed by atoms with Crippen LogP contribution in [0, 0.1) is 0 Å². The summed E-state index contributed by atoms with van der Waals surface area (Å²) in [5.74, 6) is 0.273. The summed E-state index contributed by atoms with van der Waals surface area (Å²) in [6.07, 6.45) is -3.00. The minimum Gasteiger partial charge on any atom is -0.384 e. The van der Waals surface area contributed by atoms with Gasteiger partial charge in [-0.2, -0.15) is 13.2 Å². The SMILES string of the molecule is CC(Nc1ccc(N)nc1)C(F)(F)F. The third-order valence-electron chi connectivity index (χ3n) is 1.66. The van der Waals surface area contributed by atoms with E-state index in [0.717, 1.165) is 6.92 Å². The van der Waals surface area contributed by atoms with Gasteiger partial charge in [-0.1, -0.05) is 0 Å². The van der Waals surface area contributed by atoms with Gasteiger partial charge in [0.1, 0.15) is 11.9 Å². The summed E-state index contributed by atoms with van der Waals surface area (Å²) >= 11 is 0. The summed E-state index contributed by atoms with van der Waals surface area (Å²) in [4.78, 5) is 3.66. The highest BCUT2D eigenvalue weighted by Gasteiger charge is 2.35. The molecule has 0 bridgehead atoms. The van der Waals surface area contributed by atoms with Crippen molar-refractivity contribution in [1.82, 2.24) is 4.98 Å². The van der Waals surface area contributed by atoms with Crippen molar-refractivity contribution in [1.29, 1.82) is 0 Å². The van der Waals surface area contributed by atoms with Crippen LogP contribution >= 0.6 is 0 Å². The lowest BCUT2D eigenvalue weighted by molar-refractivity contribution is -0.138. The highest BCUT2D eigenvalue weighted by Crippen LogP contribution is 2.22. The molecule has 14 heavy (non-hydrogen) atoms. The van der Waals surface area contributed by atoms with Gasteiger partial charge < -0.3 is 11.1 Å². The average molecular weight is 205 g/mol. The number of nitrogens with zero attached hydrogens (tertiary/aromatic N) is 1. The topological polar surface area (TPSA) is 50.9 Å². The van der Waals surface area contributed by atoms with E-state index in [4.69, 9.17) is 5.73 Å². The highest BCUT2D eigenvalue weighted by molar-refractivity contribution is 5.46. The van der Waals surface area contributed by atoms with Crippen LogP contribution in [0.1, 0.15) is 6.92 Å². The van der Waals surface area contributed by atoms with Crippen LogP contribution in [0.3, 0.4) is 0 Å². The number of hydrogen-bond acceptors (Lipinski definition) is 3. The maximum Gasteiger partial charge on any atom is 0.408 e. The minimum absolute atomic E-state index is 0.273. The van der Waals surface area contributed by atoms with Crippen molar-refractivity contribution < 1.29 is 13.2 Å². The van der Waals surface area contributed by atoms with Crippen molar-refractivity contribution in [3.8, 4) is 0 Å². The Morgan fingerprint density at radius 3 is 2.50 bits per heavy atom. The molecule has 3 nitrogen and oxygen atoms in total. The van der Waals surface area contributed by atoms with Crippen molar-refractivity contribution in [2.45, 2.75) is 19.1 Å². The summed E-state index contributed by atoms with van der Waals surface area (Å²) in [6.45, 7) is 1.04. The lowest BCUT2D eigenvalue weighted by Gasteiger charge is -2.17. The summed E-state index contributed by atoms with van der Waals surface area (Å²) in [7, 11) is 0. The van der Waals surface area contributed by atoms with Gasteiger partial charge in [-0.25, -0.2) is 4.98 Å². The molecule has 1 unspecified atom stereocenters. The molecule has 0 aliphatic heterocycles. The Hall–Kier alpha value is -1.46. The fourth-order valence-electron chi connectivity index (χ4n) is 0.823. The fourth-order valence-corrected chi connectivity index (χ4v) is 0.823. The first-order valence-corrected chi connectivity index (χ1v) is 3.94. The Labute approximate surface area is 79.1 Å². The van der Waals surface area contributed by atoms with Crippen LogP contribution in [-0.2, 0) is 0 Å². The quantitative estimate of drug-likeness (QED) is 0.776. The number of pyridine rings is 1. The summed E-state index contributed by atoms with van der Waals surface area (Å²) in [6, 6.07) is 1.28. The summed E-state index contributed by atoms with van der Waals surface area (Å²) < 4.78 is 36.3. The number of anilines is 2. The zero-order valence-corrected chi connectivity index (χ0v) is 7.47. The van der Waals surface area contributed by atoms with Crippen LogP contribution in [0.2, 0.25) is 0 Å². The van der Waals surface area contributed by atoms with E-state index in [1.54, 1.807) is 0 Å². The van der Waals surface area contributed by atoms with Gasteiger partial charge in [0.25, 0.3) is 0 Å². The maximum atomic E-state index is 12.1. The molecule has 0 saturated carbocycles. The van der Waals surface area contributed by atoms with E-state index >= 15 is 0 Å². The second kappa shape index (κ2) is 3.73. The molecule has 0 aromatic carbocycles. The largest absolute Gasteiger partial charge is 0.408 e. The summed E-state index contributed by atoms with van der Waals surface area (Å²) in [5, 5.41) is 2.27. The molecule has 1 heterocycles. The normalized spacial score (nSPS) is 13.7. The summed E-state index contributed by atoms with van der Waals surface area (Å²) in [5.41, 5.74) is 5.58. The molecule has 0 aliphatic carbocycles. The lowest BCUT2D eigenvalue weighted by Crippen LogP contribution is -2.33. The van der Waals surface area contributed by atoms with Crippen LogP contribution in [0.25, 0.3) is 0 Å². The van der Waals surface area contributed by atoms with Crippen LogP contribution in [0.4, 0.5) is 24.7 Å². The predicted molar refractivity (Wildman–Crippen MR) is 47.8 cm³/mol. The maximum absolute atomic E-state index is 12.1. The molecule has 0 aliphatic rings. The average Bonchev–Trinajstić information content (AvgIpc) is 2.07. The zero-order chi connectivity index (χ0) is 10.8. The predicted octanol–water partition coefficient (Wildman–Crippen LogP) is 2.03. The van der Waals surface area contributed by atoms with Crippen molar-refractivity contribution in [2.75, 3.05) is 11.1 Å². The van der Waals surface area contributed by atoms with E-state index in [2.05, 4.69) is 10.3 Å². The van der Waals surface area contributed by atoms with Crippen LogP contribution in [0.15, 0.2) is 18.3 Å². The van der Waals surface area contributed by atoms with Crippen molar-refractivity contribution in [3.63, 3.8) is 0 Å². The Balaban J connectivity index is 2.65. The number of nitrogens with one attached hydrogen (secondary N) is 1. The molecular weight excluding hydrogens is 195 g/mol. The highest BCUT2D eigenvalue weighted by atomic mass is 19.4. The second-order valence-corrected chi connectivity index (χ2v) is 2.88. The van der Waals surface area contributed by atoms with Gasteiger partial charge in [0.15, 0.2) is 0 Å². The molecule has 0 radical (unpaired) electrons. The van der Waals surface area contributed by atoms with E-state index in [1.807, 2.05) is 0 Å². The first kappa shape index (κ1) is 10.6. The Morgan fingerprint density at radius 1 is 1.43 bits per heavy atom. The first-order valence-electron chi connectivity index (χ1n) is 3.94. The van der Waals surface area contributed by atoms with Gasteiger partial charge >= 0.3 is 6.18 Å². The Bertz CT molecular complexity index is 294. The monoisotopic (exact) mass is 205 g/mol. The number of halogens is 3. The van der Waals surface area contributed by atoms with E-state index in [-0.39, 0.29) is 5.82 Å². The van der Waals surface area contributed by atoms with Crippen molar-refractivity contribution >= 4 is 11.5 Å². The number of nitrogens with two attached hydrogens (primary N) is 1. The molecule has 0 spiro atoms. The van der Waals surface area contributed by atoms with E-state index in [0.29, 0.717) is 5.69 Å². The third-order valence-corrected chi connectivity index (χ3v) is 1.66. The van der Waals surface area contributed by atoms with Crippen molar-refractivity contribution in [3.05, 3.63) is 18.3 Å². The van der Waals surface area contributed by atoms with E-state index < -0.39 is 12.2 Å². The molecule has 78 valence electrons. The molecule has 1 rings (SSSR count). The smallest absolute Gasteiger partial charge is 0.384 e. The Kier molecular flexibility index (Phi) is 2.83. The number of aromatic nitrogens is 1. The standard InChI is InChI=1S/C8H10F3N3/c1-5(8(9,10)11)14-6-2-3-7(12)13-4-6/h2-5,14H,1H3,(H2,12,13). The molecular formula is C8H10F3N3. The molecule has 0 fully saturated rings. The number of alkyl halides is 3. The van der Waals surface area contributed by atoms with Crippen molar-refractivity contribution in [2.24, 2.45) is 0 Å². The second-order valence-electron chi connectivity index (χ2n) is 2.88. The van der Waals surface area contributed by atoms with Crippen LogP contribution < -0.4 is 11.1 Å². The molecule has 3 N–H and O–H groups in total. The zero-order valence-electron chi connectivity index (χ0n) is 7.47. The van der Waals surface area contributed by atoms with Gasteiger partial charge in [-0.3, -0.25) is 0 Å². The number of nitrogen functional groups attached to an aromatic ring is 1. The molecule has 0 saturated heterocycles. The van der Waals surface area contributed by atoms with Gasteiger partial charge in [0.2, 0.25) is 0 Å². The molecule has 1 aromatic rings. The molecule has 6 heteroatoms. The lowest BCUT2D eigenvalue weighted by atomic mass is 10.3. The molecule has 0 amide bonds. The third kappa shape index (κ3) is 2.79. The van der Waals surface area contributed by atoms with Gasteiger partial charge in [-0.15, -0.1) is 0 Å². The van der Waals surface area contributed by atoms with E-state index in [1.165, 1.54) is 18.3 Å². The van der Waals surface area contributed by atoms with E-state index in [9.17, 15) is 13.2 Å². The number of hydrogen-bond donors (Lipinski definition) is 2. The molecule has 1 aromatic heterocycles. The van der Waals surface area contributed by atoms with Gasteiger partial charge in [0.05, 0.1) is 11.9 Å². The Morgan fingerprint density at radius 2 is 2.07 bits per heavy atom. The first-order chi connectivity index (χ1) is 6.39. The molecule has 1 atom stereocenters.